The van der Waals surface area contributed by atoms with Gasteiger partial charge in [0.05, 0.1) is 0 Å². The molecule has 0 aromatic heterocycles. The van der Waals surface area contributed by atoms with Gasteiger partial charge in [0.1, 0.15) is 11.8 Å². The molecule has 1 aliphatic heterocycles. The van der Waals surface area contributed by atoms with E-state index in [9.17, 15) is 9.59 Å². The summed E-state index contributed by atoms with van der Waals surface area (Å²) in [6.45, 7) is 2.48. The van der Waals surface area contributed by atoms with Crippen molar-refractivity contribution < 1.29 is 14.3 Å². The Labute approximate surface area is 157 Å². The van der Waals surface area contributed by atoms with E-state index in [4.69, 9.17) is 16.3 Å². The third-order valence-corrected chi connectivity index (χ3v) is 4.62. The maximum absolute atomic E-state index is 12.5. The van der Waals surface area contributed by atoms with Gasteiger partial charge in [0, 0.05) is 17.3 Å². The summed E-state index contributed by atoms with van der Waals surface area (Å²) in [5.74, 6) is 0.276. The summed E-state index contributed by atoms with van der Waals surface area (Å²) in [5.41, 5.74) is 1.79. The van der Waals surface area contributed by atoms with Crippen molar-refractivity contribution in [3.05, 3.63) is 59.1 Å². The molecule has 1 atom stereocenters. The van der Waals surface area contributed by atoms with Crippen molar-refractivity contribution in [1.29, 1.82) is 0 Å². The smallest absolute Gasteiger partial charge is 0.261 e. The summed E-state index contributed by atoms with van der Waals surface area (Å²) in [6, 6.07) is 13.9. The molecule has 136 valence electrons. The van der Waals surface area contributed by atoms with Gasteiger partial charge in [0.15, 0.2) is 6.61 Å². The van der Waals surface area contributed by atoms with Crippen molar-refractivity contribution in [2.75, 3.05) is 18.5 Å². The number of nitrogens with one attached hydrogen (secondary N) is 1. The molecule has 0 spiro atoms. The van der Waals surface area contributed by atoms with Crippen molar-refractivity contribution in [2.45, 2.75) is 25.8 Å². The minimum absolute atomic E-state index is 0.0756. The number of halogens is 1. The number of likely N-dealkylation sites (tertiary alicyclic amines) is 1. The highest BCUT2D eigenvalue weighted by atomic mass is 35.5. The van der Waals surface area contributed by atoms with Gasteiger partial charge in [-0.25, -0.2) is 0 Å². The Morgan fingerprint density at radius 2 is 1.85 bits per heavy atom. The molecule has 0 unspecified atom stereocenters. The fourth-order valence-electron chi connectivity index (χ4n) is 2.96. The van der Waals surface area contributed by atoms with E-state index in [0.717, 1.165) is 12.0 Å². The molecule has 0 saturated carbocycles. The first kappa shape index (κ1) is 18.3. The molecule has 2 aromatic carbocycles. The van der Waals surface area contributed by atoms with Crippen LogP contribution in [0.25, 0.3) is 0 Å². The zero-order chi connectivity index (χ0) is 18.5. The quantitative estimate of drug-likeness (QED) is 0.871. The Hall–Kier alpha value is -2.53. The van der Waals surface area contributed by atoms with Gasteiger partial charge < -0.3 is 15.0 Å². The van der Waals surface area contributed by atoms with Gasteiger partial charge in [-0.1, -0.05) is 29.3 Å². The minimum atomic E-state index is -0.472. The Morgan fingerprint density at radius 3 is 2.54 bits per heavy atom. The Balaban J connectivity index is 1.57. The first-order valence-electron chi connectivity index (χ1n) is 8.58. The van der Waals surface area contributed by atoms with Gasteiger partial charge >= 0.3 is 0 Å². The Morgan fingerprint density at radius 1 is 1.15 bits per heavy atom. The highest BCUT2D eigenvalue weighted by Gasteiger charge is 2.34. The standard InChI is InChI=1S/C20H21ClN2O3/c1-14-4-10-17(11-5-14)26-13-19(24)23-12-2-3-18(23)20(25)22-16-8-6-15(21)7-9-16/h4-11,18H,2-3,12-13H2,1H3,(H,22,25)/t18-/m1/s1. The van der Waals surface area contributed by atoms with Gasteiger partial charge in [0.25, 0.3) is 5.91 Å². The number of aryl methyl sites for hydroxylation is 1. The molecular formula is C20H21ClN2O3. The SMILES string of the molecule is Cc1ccc(OCC(=O)N2CCC[C@@H]2C(=O)Nc2ccc(Cl)cc2)cc1. The topological polar surface area (TPSA) is 58.6 Å². The van der Waals surface area contributed by atoms with E-state index < -0.39 is 6.04 Å². The predicted octanol–water partition coefficient (Wildman–Crippen LogP) is 3.66. The highest BCUT2D eigenvalue weighted by molar-refractivity contribution is 6.30. The number of benzene rings is 2. The number of carbonyl (C=O) groups excluding carboxylic acids is 2. The van der Waals surface area contributed by atoms with Crippen molar-refractivity contribution >= 4 is 29.1 Å². The number of hydrogen-bond donors (Lipinski definition) is 1. The summed E-state index contributed by atoms with van der Waals surface area (Å²) in [5, 5.41) is 3.45. The molecule has 3 rings (SSSR count). The number of carbonyl (C=O) groups is 2. The Bertz CT molecular complexity index is 775. The van der Waals surface area contributed by atoms with E-state index in [0.29, 0.717) is 29.4 Å². The minimum Gasteiger partial charge on any atom is -0.484 e. The Kier molecular flexibility index (Phi) is 5.78. The van der Waals surface area contributed by atoms with Crippen molar-refractivity contribution in [2.24, 2.45) is 0 Å². The number of anilines is 1. The lowest BCUT2D eigenvalue weighted by atomic mass is 10.2. The van der Waals surface area contributed by atoms with Crippen LogP contribution in [0.4, 0.5) is 5.69 Å². The lowest BCUT2D eigenvalue weighted by Crippen LogP contribution is -2.45. The summed E-state index contributed by atoms with van der Waals surface area (Å²) in [6.07, 6.45) is 1.45. The normalized spacial score (nSPS) is 16.4. The number of amides is 2. The summed E-state index contributed by atoms with van der Waals surface area (Å²) in [7, 11) is 0. The third-order valence-electron chi connectivity index (χ3n) is 4.37. The first-order valence-corrected chi connectivity index (χ1v) is 8.96. The molecule has 1 N–H and O–H groups in total. The van der Waals surface area contributed by atoms with Crippen LogP contribution in [-0.4, -0.2) is 35.9 Å². The predicted molar refractivity (Wildman–Crippen MR) is 101 cm³/mol. The molecule has 0 bridgehead atoms. The third kappa shape index (κ3) is 4.55. The molecule has 26 heavy (non-hydrogen) atoms. The van der Waals surface area contributed by atoms with E-state index in [1.807, 2.05) is 31.2 Å². The molecule has 0 aliphatic carbocycles. The van der Waals surface area contributed by atoms with Crippen LogP contribution < -0.4 is 10.1 Å². The van der Waals surface area contributed by atoms with E-state index >= 15 is 0 Å². The fraction of sp³-hybridized carbons (Fsp3) is 0.300. The zero-order valence-electron chi connectivity index (χ0n) is 14.6. The molecule has 2 amide bonds. The van der Waals surface area contributed by atoms with Crippen molar-refractivity contribution in [1.82, 2.24) is 4.90 Å². The van der Waals surface area contributed by atoms with Gasteiger partial charge in [-0.05, 0) is 56.2 Å². The number of hydrogen-bond acceptors (Lipinski definition) is 3. The van der Waals surface area contributed by atoms with Crippen LogP contribution in [0, 0.1) is 6.92 Å². The second-order valence-corrected chi connectivity index (χ2v) is 6.78. The monoisotopic (exact) mass is 372 g/mol. The highest BCUT2D eigenvalue weighted by Crippen LogP contribution is 2.21. The van der Waals surface area contributed by atoms with E-state index in [2.05, 4.69) is 5.32 Å². The lowest BCUT2D eigenvalue weighted by Gasteiger charge is -2.24. The maximum atomic E-state index is 12.5. The van der Waals surface area contributed by atoms with Crippen LogP contribution in [0.2, 0.25) is 5.02 Å². The maximum Gasteiger partial charge on any atom is 0.261 e. The average molecular weight is 373 g/mol. The van der Waals surface area contributed by atoms with Crippen LogP contribution >= 0.6 is 11.6 Å². The summed E-state index contributed by atoms with van der Waals surface area (Å²) in [4.78, 5) is 26.6. The fourth-order valence-corrected chi connectivity index (χ4v) is 3.09. The van der Waals surface area contributed by atoms with Crippen molar-refractivity contribution in [3.8, 4) is 5.75 Å². The molecule has 5 nitrogen and oxygen atoms in total. The van der Waals surface area contributed by atoms with Crippen molar-refractivity contribution in [3.63, 3.8) is 0 Å². The summed E-state index contributed by atoms with van der Waals surface area (Å²) < 4.78 is 5.56. The van der Waals surface area contributed by atoms with Crippen LogP contribution in [0.3, 0.4) is 0 Å². The van der Waals surface area contributed by atoms with Crippen LogP contribution in [-0.2, 0) is 9.59 Å². The number of nitrogens with zero attached hydrogens (tertiary/aromatic N) is 1. The zero-order valence-corrected chi connectivity index (χ0v) is 15.3. The molecule has 1 fully saturated rings. The van der Waals surface area contributed by atoms with E-state index in [1.165, 1.54) is 0 Å². The van der Waals surface area contributed by atoms with Crippen LogP contribution in [0.15, 0.2) is 48.5 Å². The van der Waals surface area contributed by atoms with Gasteiger partial charge in [-0.3, -0.25) is 9.59 Å². The second kappa shape index (κ2) is 8.23. The molecular weight excluding hydrogens is 352 g/mol. The van der Waals surface area contributed by atoms with Gasteiger partial charge in [0.2, 0.25) is 5.91 Å². The average Bonchev–Trinajstić information content (AvgIpc) is 3.13. The van der Waals surface area contributed by atoms with Gasteiger partial charge in [-0.15, -0.1) is 0 Å². The first-order chi connectivity index (χ1) is 12.5. The lowest BCUT2D eigenvalue weighted by molar-refractivity contribution is -0.138. The van der Waals surface area contributed by atoms with E-state index in [-0.39, 0.29) is 18.4 Å². The van der Waals surface area contributed by atoms with Gasteiger partial charge in [-0.2, -0.15) is 0 Å². The molecule has 1 heterocycles. The van der Waals surface area contributed by atoms with Crippen LogP contribution in [0.1, 0.15) is 18.4 Å². The molecule has 0 radical (unpaired) electrons. The molecule has 6 heteroatoms. The number of rotatable bonds is 5. The molecule has 1 aliphatic rings. The van der Waals surface area contributed by atoms with E-state index in [1.54, 1.807) is 29.2 Å². The van der Waals surface area contributed by atoms with Crippen LogP contribution in [0.5, 0.6) is 5.75 Å². The number of ether oxygens (including phenoxy) is 1. The summed E-state index contributed by atoms with van der Waals surface area (Å²) >= 11 is 5.85. The molecule has 2 aromatic rings. The largest absolute Gasteiger partial charge is 0.484 e. The molecule has 1 saturated heterocycles. The second-order valence-electron chi connectivity index (χ2n) is 6.34.